The lowest BCUT2D eigenvalue weighted by molar-refractivity contribution is 0.733. The van der Waals surface area contributed by atoms with E-state index in [9.17, 15) is 0 Å². The van der Waals surface area contributed by atoms with Crippen LogP contribution >= 0.6 is 11.8 Å². The summed E-state index contributed by atoms with van der Waals surface area (Å²) in [5.74, 6) is 0.874. The number of anilines is 1. The summed E-state index contributed by atoms with van der Waals surface area (Å²) in [4.78, 5) is 4.14. The monoisotopic (exact) mass is 250 g/mol. The van der Waals surface area contributed by atoms with Gasteiger partial charge in [0.2, 0.25) is 0 Å². The average molecular weight is 250 g/mol. The third-order valence-electron chi connectivity index (χ3n) is 3.18. The summed E-state index contributed by atoms with van der Waals surface area (Å²) in [6, 6.07) is 0.504. The predicted octanol–water partition coefficient (Wildman–Crippen LogP) is 1.22. The second-order valence-electron chi connectivity index (χ2n) is 4.25. The topological polar surface area (TPSA) is 68.0 Å². The zero-order chi connectivity index (χ0) is 11.7. The van der Waals surface area contributed by atoms with Gasteiger partial charge in [-0.05, 0) is 35.9 Å². The molecule has 1 aliphatic carbocycles. The highest BCUT2D eigenvalue weighted by Gasteiger charge is 2.24. The van der Waals surface area contributed by atoms with Gasteiger partial charge in [-0.25, -0.2) is 0 Å². The van der Waals surface area contributed by atoms with Crippen molar-refractivity contribution in [2.24, 2.45) is 0 Å². The molecule has 0 saturated heterocycles. The number of nitrogens with one attached hydrogen (secondary N) is 1. The van der Waals surface area contributed by atoms with Crippen molar-refractivity contribution in [1.82, 2.24) is 25.0 Å². The Morgan fingerprint density at radius 1 is 1.41 bits per heavy atom. The number of aromatic nitrogens is 5. The molecule has 6 nitrogen and oxygen atoms in total. The lowest BCUT2D eigenvalue weighted by Gasteiger charge is -2.13. The van der Waals surface area contributed by atoms with E-state index < -0.39 is 0 Å². The van der Waals surface area contributed by atoms with E-state index >= 15 is 0 Å². The lowest BCUT2D eigenvalue weighted by atomic mass is 10.2. The maximum atomic E-state index is 4.14. The van der Waals surface area contributed by atoms with Crippen LogP contribution in [0.4, 0.5) is 5.82 Å². The quantitative estimate of drug-likeness (QED) is 0.883. The second-order valence-corrected chi connectivity index (χ2v) is 5.39. The summed E-state index contributed by atoms with van der Waals surface area (Å²) in [7, 11) is 0. The molecule has 3 rings (SSSR count). The Hall–Kier alpha value is -1.37. The van der Waals surface area contributed by atoms with Gasteiger partial charge in [0, 0.05) is 11.3 Å². The summed E-state index contributed by atoms with van der Waals surface area (Å²) in [5, 5.41) is 15.7. The first-order valence-corrected chi connectivity index (χ1v) is 6.97. The largest absolute Gasteiger partial charge is 0.366 e. The molecule has 0 aromatic carbocycles. The maximum Gasteiger partial charge on any atom is 0.199 e. The molecule has 2 aromatic heterocycles. The fraction of sp³-hybridized carbons (Fsp3) is 0.600. The van der Waals surface area contributed by atoms with E-state index in [4.69, 9.17) is 0 Å². The Kier molecular flexibility index (Phi) is 2.84. The van der Waals surface area contributed by atoms with Crippen LogP contribution in [-0.2, 0) is 0 Å². The number of nitrogens with zero attached hydrogens (tertiary/aromatic N) is 5. The molecule has 0 aliphatic heterocycles. The summed E-state index contributed by atoms with van der Waals surface area (Å²) < 4.78 is 1.69. The van der Waals surface area contributed by atoms with E-state index in [0.29, 0.717) is 11.7 Å². The smallest absolute Gasteiger partial charge is 0.199 e. The van der Waals surface area contributed by atoms with Crippen molar-refractivity contribution >= 4 is 23.2 Å². The van der Waals surface area contributed by atoms with E-state index in [1.165, 1.54) is 19.3 Å². The normalized spacial score (nSPS) is 24.3. The molecule has 0 amide bonds. The van der Waals surface area contributed by atoms with Gasteiger partial charge in [-0.3, -0.25) is 4.98 Å². The molecule has 1 saturated carbocycles. The lowest BCUT2D eigenvalue weighted by Crippen LogP contribution is -2.18. The van der Waals surface area contributed by atoms with Gasteiger partial charge in [0.25, 0.3) is 0 Å². The molecule has 2 unspecified atom stereocenters. The highest BCUT2D eigenvalue weighted by atomic mass is 32.2. The Bertz CT molecular complexity index is 512. The summed E-state index contributed by atoms with van der Waals surface area (Å²) >= 11 is 1.95. The highest BCUT2D eigenvalue weighted by Crippen LogP contribution is 2.29. The van der Waals surface area contributed by atoms with Crippen LogP contribution in [0.5, 0.6) is 0 Å². The minimum Gasteiger partial charge on any atom is -0.366 e. The number of tetrazole rings is 1. The SMILES string of the molecule is CSC1CCC(Nc2cncc3nnnn23)C1. The first kappa shape index (κ1) is 10.8. The standard InChI is InChI=1S/C10H14N6S/c1-17-8-3-2-7(4-8)12-9-5-11-6-10-13-14-15-16(9)10/h5-8,12H,2-4H2,1H3. The van der Waals surface area contributed by atoms with E-state index in [1.54, 1.807) is 16.9 Å². The third kappa shape index (κ3) is 2.06. The molecule has 2 heterocycles. The van der Waals surface area contributed by atoms with Crippen molar-refractivity contribution < 1.29 is 0 Å². The summed E-state index contributed by atoms with van der Waals surface area (Å²) in [6.45, 7) is 0. The highest BCUT2D eigenvalue weighted by molar-refractivity contribution is 7.99. The van der Waals surface area contributed by atoms with Crippen molar-refractivity contribution in [2.45, 2.75) is 30.6 Å². The van der Waals surface area contributed by atoms with Crippen LogP contribution in [0.1, 0.15) is 19.3 Å². The minimum absolute atomic E-state index is 0.504. The Morgan fingerprint density at radius 2 is 2.35 bits per heavy atom. The molecule has 17 heavy (non-hydrogen) atoms. The second kappa shape index (κ2) is 4.48. The van der Waals surface area contributed by atoms with Gasteiger partial charge < -0.3 is 5.32 Å². The first-order chi connectivity index (χ1) is 8.36. The van der Waals surface area contributed by atoms with Crippen molar-refractivity contribution in [1.29, 1.82) is 0 Å². The fourth-order valence-electron chi connectivity index (χ4n) is 2.27. The van der Waals surface area contributed by atoms with Crippen LogP contribution in [0, 0.1) is 0 Å². The maximum absolute atomic E-state index is 4.14. The van der Waals surface area contributed by atoms with Gasteiger partial charge in [0.1, 0.15) is 0 Å². The van der Waals surface area contributed by atoms with Gasteiger partial charge in [-0.1, -0.05) is 0 Å². The molecule has 2 atom stereocenters. The molecule has 2 aromatic rings. The molecule has 0 bridgehead atoms. The van der Waals surface area contributed by atoms with Crippen LogP contribution in [0.2, 0.25) is 0 Å². The molecular formula is C10H14N6S. The Morgan fingerprint density at radius 3 is 3.18 bits per heavy atom. The van der Waals surface area contributed by atoms with Crippen molar-refractivity contribution in [3.05, 3.63) is 12.4 Å². The number of hydrogen-bond donors (Lipinski definition) is 1. The minimum atomic E-state index is 0.504. The predicted molar refractivity (Wildman–Crippen MR) is 67.1 cm³/mol. The molecule has 1 N–H and O–H groups in total. The number of thioether (sulfide) groups is 1. The third-order valence-corrected chi connectivity index (χ3v) is 4.27. The van der Waals surface area contributed by atoms with Crippen LogP contribution in [0.15, 0.2) is 12.4 Å². The number of fused-ring (bicyclic) bond motifs is 1. The molecule has 1 fully saturated rings. The van der Waals surface area contributed by atoms with Crippen molar-refractivity contribution in [2.75, 3.05) is 11.6 Å². The van der Waals surface area contributed by atoms with Crippen molar-refractivity contribution in [3.8, 4) is 0 Å². The van der Waals surface area contributed by atoms with Gasteiger partial charge in [0.05, 0.1) is 12.4 Å². The van der Waals surface area contributed by atoms with E-state index in [1.807, 2.05) is 11.8 Å². The van der Waals surface area contributed by atoms with E-state index in [0.717, 1.165) is 11.1 Å². The number of hydrogen-bond acceptors (Lipinski definition) is 6. The molecule has 0 spiro atoms. The van der Waals surface area contributed by atoms with Crippen LogP contribution in [0.3, 0.4) is 0 Å². The molecular weight excluding hydrogens is 236 g/mol. The molecule has 90 valence electrons. The fourth-order valence-corrected chi connectivity index (χ4v) is 3.06. The zero-order valence-electron chi connectivity index (χ0n) is 9.58. The average Bonchev–Trinajstić information content (AvgIpc) is 2.97. The van der Waals surface area contributed by atoms with Gasteiger partial charge in [-0.2, -0.15) is 16.3 Å². The summed E-state index contributed by atoms with van der Waals surface area (Å²) in [6.07, 6.45) is 9.28. The van der Waals surface area contributed by atoms with Crippen LogP contribution in [0.25, 0.3) is 5.65 Å². The number of rotatable bonds is 3. The molecule has 0 radical (unpaired) electrons. The van der Waals surface area contributed by atoms with Gasteiger partial charge >= 0.3 is 0 Å². The van der Waals surface area contributed by atoms with Crippen molar-refractivity contribution in [3.63, 3.8) is 0 Å². The summed E-state index contributed by atoms with van der Waals surface area (Å²) in [5.41, 5.74) is 0.675. The van der Waals surface area contributed by atoms with E-state index in [-0.39, 0.29) is 0 Å². The molecule has 7 heteroatoms. The first-order valence-electron chi connectivity index (χ1n) is 5.68. The van der Waals surface area contributed by atoms with Crippen LogP contribution in [-0.4, -0.2) is 42.6 Å². The Labute approximate surface area is 103 Å². The van der Waals surface area contributed by atoms with Gasteiger partial charge in [0.15, 0.2) is 11.5 Å². The zero-order valence-corrected chi connectivity index (χ0v) is 10.4. The Balaban J connectivity index is 1.79. The molecule has 1 aliphatic rings. The van der Waals surface area contributed by atoms with Crippen LogP contribution < -0.4 is 5.32 Å². The van der Waals surface area contributed by atoms with E-state index in [2.05, 4.69) is 32.1 Å². The van der Waals surface area contributed by atoms with Gasteiger partial charge in [-0.15, -0.1) is 5.10 Å².